The summed E-state index contributed by atoms with van der Waals surface area (Å²) in [5.74, 6) is 0.0836. The van der Waals surface area contributed by atoms with Gasteiger partial charge in [-0.15, -0.1) is 0 Å². The van der Waals surface area contributed by atoms with Crippen molar-refractivity contribution in [3.05, 3.63) is 90.0 Å². The minimum atomic E-state index is -0.413. The van der Waals surface area contributed by atoms with Crippen LogP contribution in [-0.4, -0.2) is 59.7 Å². The maximum Gasteiger partial charge on any atom is 0.256 e. The van der Waals surface area contributed by atoms with Crippen LogP contribution in [0.5, 0.6) is 11.5 Å². The van der Waals surface area contributed by atoms with Gasteiger partial charge in [0.05, 0.1) is 17.2 Å². The van der Waals surface area contributed by atoms with E-state index < -0.39 is 5.92 Å². The monoisotopic (exact) mass is 540 g/mol. The van der Waals surface area contributed by atoms with Crippen molar-refractivity contribution in [3.8, 4) is 11.5 Å². The smallest absolute Gasteiger partial charge is 0.256 e. The van der Waals surface area contributed by atoms with Gasteiger partial charge in [0, 0.05) is 32.2 Å². The van der Waals surface area contributed by atoms with Gasteiger partial charge in [-0.05, 0) is 55.2 Å². The molecular weight excluding hydrogens is 504 g/mol. The van der Waals surface area contributed by atoms with E-state index in [1.165, 1.54) is 10.5 Å². The Labute approximate surface area is 235 Å². The minimum Gasteiger partial charge on any atom is -0.457 e. The molecule has 0 radical (unpaired) electrons. The van der Waals surface area contributed by atoms with Crippen LogP contribution >= 0.6 is 0 Å². The molecular formula is C32H36N4O4. The Morgan fingerprint density at radius 3 is 2.38 bits per heavy atom. The Balaban J connectivity index is 1.20. The van der Waals surface area contributed by atoms with Gasteiger partial charge in [0.15, 0.2) is 0 Å². The Kier molecular flexibility index (Phi) is 8.76. The Bertz CT molecular complexity index is 1320. The average Bonchev–Trinajstić information content (AvgIpc) is 3.08. The molecule has 8 nitrogen and oxygen atoms in total. The number of para-hydroxylation sites is 1. The third-order valence-corrected chi connectivity index (χ3v) is 7.58. The average molecular weight is 541 g/mol. The SMILES string of the molecule is CCC(CN1CC(=O)Nc2ccc(Oc3ccccc3)cc2C1=O)C(=O)NC1CCN(Cc2ccccc2)CC1. The molecule has 0 saturated carbocycles. The van der Waals surface area contributed by atoms with Crippen molar-refractivity contribution in [1.82, 2.24) is 15.1 Å². The van der Waals surface area contributed by atoms with Gasteiger partial charge in [-0.2, -0.15) is 0 Å². The van der Waals surface area contributed by atoms with Gasteiger partial charge in [0.2, 0.25) is 11.8 Å². The molecule has 3 aromatic rings. The molecule has 2 aliphatic heterocycles. The zero-order valence-corrected chi connectivity index (χ0v) is 22.8. The predicted octanol–water partition coefficient (Wildman–Crippen LogP) is 4.68. The van der Waals surface area contributed by atoms with Crippen molar-refractivity contribution in [3.63, 3.8) is 0 Å². The zero-order chi connectivity index (χ0) is 27.9. The summed E-state index contributed by atoms with van der Waals surface area (Å²) < 4.78 is 5.91. The molecule has 0 aromatic heterocycles. The highest BCUT2D eigenvalue weighted by atomic mass is 16.5. The fraction of sp³-hybridized carbons (Fsp3) is 0.344. The van der Waals surface area contributed by atoms with Gasteiger partial charge < -0.3 is 20.3 Å². The van der Waals surface area contributed by atoms with E-state index in [1.807, 2.05) is 43.3 Å². The van der Waals surface area contributed by atoms with Crippen molar-refractivity contribution in [2.75, 3.05) is 31.5 Å². The number of likely N-dealkylation sites (tertiary alicyclic amines) is 1. The maximum atomic E-state index is 13.6. The first kappa shape index (κ1) is 27.4. The van der Waals surface area contributed by atoms with Crippen LogP contribution in [0.1, 0.15) is 42.1 Å². The molecule has 1 atom stereocenters. The normalized spacial score (nSPS) is 17.0. The van der Waals surface area contributed by atoms with Crippen molar-refractivity contribution in [2.24, 2.45) is 5.92 Å². The number of ether oxygens (including phenoxy) is 1. The van der Waals surface area contributed by atoms with Crippen molar-refractivity contribution >= 4 is 23.4 Å². The standard InChI is InChI=1S/C32H36N4O4/c1-2-24(31(38)33-25-15-17-35(18-16-25)20-23-9-5-3-6-10-23)21-36-22-30(37)34-29-14-13-27(19-28(29)32(36)39)40-26-11-7-4-8-12-26/h3-14,19,24-25H,2,15-18,20-22H2,1H3,(H,33,38)(H,34,37). The van der Waals surface area contributed by atoms with Gasteiger partial charge >= 0.3 is 0 Å². The largest absolute Gasteiger partial charge is 0.457 e. The van der Waals surface area contributed by atoms with Crippen LogP contribution in [0.3, 0.4) is 0 Å². The molecule has 1 unspecified atom stereocenters. The number of hydrogen-bond donors (Lipinski definition) is 2. The summed E-state index contributed by atoms with van der Waals surface area (Å²) in [7, 11) is 0. The van der Waals surface area contributed by atoms with Crippen LogP contribution < -0.4 is 15.4 Å². The number of amides is 3. The first-order valence-electron chi connectivity index (χ1n) is 14.0. The van der Waals surface area contributed by atoms with E-state index in [9.17, 15) is 14.4 Å². The molecule has 3 amide bonds. The van der Waals surface area contributed by atoms with E-state index in [4.69, 9.17) is 4.74 Å². The second-order valence-electron chi connectivity index (χ2n) is 10.5. The molecule has 40 heavy (non-hydrogen) atoms. The number of anilines is 1. The molecule has 1 fully saturated rings. The molecule has 208 valence electrons. The lowest BCUT2D eigenvalue weighted by molar-refractivity contribution is -0.127. The molecule has 2 aliphatic rings. The number of nitrogens with zero attached hydrogens (tertiary/aromatic N) is 2. The number of rotatable bonds is 9. The van der Waals surface area contributed by atoms with Gasteiger partial charge in [-0.3, -0.25) is 19.3 Å². The lowest BCUT2D eigenvalue weighted by Gasteiger charge is -2.33. The third-order valence-electron chi connectivity index (χ3n) is 7.58. The van der Waals surface area contributed by atoms with E-state index in [-0.39, 0.29) is 36.9 Å². The molecule has 2 N–H and O–H groups in total. The summed E-state index contributed by atoms with van der Waals surface area (Å²) in [6.07, 6.45) is 2.34. The number of benzene rings is 3. The summed E-state index contributed by atoms with van der Waals surface area (Å²) in [5.41, 5.74) is 2.08. The molecule has 2 heterocycles. The van der Waals surface area contributed by atoms with E-state index in [0.717, 1.165) is 32.5 Å². The van der Waals surface area contributed by atoms with Gasteiger partial charge in [-0.25, -0.2) is 0 Å². The van der Waals surface area contributed by atoms with Crippen LogP contribution in [0.15, 0.2) is 78.9 Å². The summed E-state index contributed by atoms with van der Waals surface area (Å²) in [5, 5.41) is 6.04. The highest BCUT2D eigenvalue weighted by Gasteiger charge is 2.31. The second-order valence-corrected chi connectivity index (χ2v) is 10.5. The number of fused-ring (bicyclic) bond motifs is 1. The summed E-state index contributed by atoms with van der Waals surface area (Å²) in [6, 6.07) is 24.9. The molecule has 8 heteroatoms. The first-order valence-corrected chi connectivity index (χ1v) is 14.0. The van der Waals surface area contributed by atoms with E-state index in [1.54, 1.807) is 18.2 Å². The number of piperidine rings is 1. The molecule has 3 aromatic carbocycles. The number of nitrogens with one attached hydrogen (secondary N) is 2. The second kappa shape index (κ2) is 12.8. The highest BCUT2D eigenvalue weighted by molar-refractivity contribution is 6.08. The van der Waals surface area contributed by atoms with Crippen molar-refractivity contribution < 1.29 is 19.1 Å². The first-order chi connectivity index (χ1) is 19.5. The van der Waals surface area contributed by atoms with E-state index in [0.29, 0.717) is 29.2 Å². The van der Waals surface area contributed by atoms with Crippen LogP contribution in [0.4, 0.5) is 5.69 Å². The predicted molar refractivity (Wildman–Crippen MR) is 154 cm³/mol. The lowest BCUT2D eigenvalue weighted by Crippen LogP contribution is -2.48. The van der Waals surface area contributed by atoms with Gasteiger partial charge in [0.25, 0.3) is 5.91 Å². The number of carbonyl (C=O) groups excluding carboxylic acids is 3. The number of hydrogen-bond acceptors (Lipinski definition) is 5. The topological polar surface area (TPSA) is 91.0 Å². The van der Waals surface area contributed by atoms with E-state index in [2.05, 4.69) is 39.8 Å². The third kappa shape index (κ3) is 6.87. The van der Waals surface area contributed by atoms with Crippen LogP contribution in [0.25, 0.3) is 0 Å². The molecule has 0 aliphatic carbocycles. The van der Waals surface area contributed by atoms with Gasteiger partial charge in [0.1, 0.15) is 18.0 Å². The van der Waals surface area contributed by atoms with Crippen molar-refractivity contribution in [2.45, 2.75) is 38.8 Å². The lowest BCUT2D eigenvalue weighted by atomic mass is 10.00. The fourth-order valence-electron chi connectivity index (χ4n) is 5.31. The summed E-state index contributed by atoms with van der Waals surface area (Å²) >= 11 is 0. The molecule has 0 spiro atoms. The Hall–Kier alpha value is -4.17. The quantitative estimate of drug-likeness (QED) is 0.411. The summed E-state index contributed by atoms with van der Waals surface area (Å²) in [4.78, 5) is 43.4. The Morgan fingerprint density at radius 1 is 0.975 bits per heavy atom. The molecule has 0 bridgehead atoms. The molecule has 1 saturated heterocycles. The van der Waals surface area contributed by atoms with E-state index >= 15 is 0 Å². The minimum absolute atomic E-state index is 0.0668. The van der Waals surface area contributed by atoms with Crippen LogP contribution in [0.2, 0.25) is 0 Å². The van der Waals surface area contributed by atoms with Crippen LogP contribution in [0, 0.1) is 5.92 Å². The van der Waals surface area contributed by atoms with Crippen LogP contribution in [-0.2, 0) is 16.1 Å². The molecule has 5 rings (SSSR count). The Morgan fingerprint density at radius 2 is 1.68 bits per heavy atom. The fourth-order valence-corrected chi connectivity index (χ4v) is 5.31. The summed E-state index contributed by atoms with van der Waals surface area (Å²) in [6.45, 7) is 4.76. The number of carbonyl (C=O) groups is 3. The highest BCUT2D eigenvalue weighted by Crippen LogP contribution is 2.29. The zero-order valence-electron chi connectivity index (χ0n) is 22.8. The maximum absolute atomic E-state index is 13.6. The van der Waals surface area contributed by atoms with Crippen molar-refractivity contribution in [1.29, 1.82) is 0 Å². The van der Waals surface area contributed by atoms with Gasteiger partial charge in [-0.1, -0.05) is 55.5 Å².